The average molecular weight is 439 g/mol. The first-order chi connectivity index (χ1) is 14.4. The van der Waals surface area contributed by atoms with Crippen LogP contribution >= 0.6 is 11.8 Å². The second-order valence-corrected chi connectivity index (χ2v) is 9.01. The van der Waals surface area contributed by atoms with Crippen molar-refractivity contribution in [2.75, 3.05) is 29.5 Å². The molecule has 0 radical (unpaired) electrons. The molecule has 0 aromatic heterocycles. The van der Waals surface area contributed by atoms with Crippen LogP contribution in [0.5, 0.6) is 0 Å². The molecule has 3 saturated heterocycles. The number of ether oxygens (including phenoxy) is 1. The van der Waals surface area contributed by atoms with Gasteiger partial charge in [0.25, 0.3) is 0 Å². The van der Waals surface area contributed by atoms with Crippen LogP contribution in [-0.2, 0) is 14.3 Å². The fourth-order valence-electron chi connectivity index (χ4n) is 3.97. The van der Waals surface area contributed by atoms with Crippen molar-refractivity contribution in [1.82, 2.24) is 10.6 Å². The quantitative estimate of drug-likeness (QED) is 0.700. The van der Waals surface area contributed by atoms with E-state index in [0.29, 0.717) is 18.8 Å². The molecule has 3 aliphatic heterocycles. The van der Waals surface area contributed by atoms with Crippen molar-refractivity contribution in [1.29, 1.82) is 0 Å². The number of piperidine rings is 1. The smallest absolute Gasteiger partial charge is 0.407 e. The molecule has 3 heterocycles. The summed E-state index contributed by atoms with van der Waals surface area (Å²) in [6.45, 7) is 0.676. The van der Waals surface area contributed by atoms with Crippen LogP contribution < -0.4 is 15.5 Å². The van der Waals surface area contributed by atoms with E-state index in [-0.39, 0.29) is 30.6 Å². The van der Waals surface area contributed by atoms with Gasteiger partial charge < -0.3 is 15.0 Å². The molecule has 2 N–H and O–H groups in total. The first kappa shape index (κ1) is 20.9. The molecular formula is C20H23F2N3O4S. The zero-order valence-electron chi connectivity index (χ0n) is 16.3. The molecular weight excluding hydrogens is 416 g/mol. The third-order valence-electron chi connectivity index (χ3n) is 5.68. The van der Waals surface area contributed by atoms with Gasteiger partial charge in [0, 0.05) is 23.7 Å². The third kappa shape index (κ3) is 4.53. The summed E-state index contributed by atoms with van der Waals surface area (Å²) in [6, 6.07) is 2.49. The molecule has 4 rings (SSSR count). The molecule has 1 aromatic carbocycles. The number of carbonyl (C=O) groups excluding carboxylic acids is 3. The van der Waals surface area contributed by atoms with Crippen molar-refractivity contribution >= 4 is 35.4 Å². The van der Waals surface area contributed by atoms with Crippen molar-refractivity contribution < 1.29 is 27.9 Å². The summed E-state index contributed by atoms with van der Waals surface area (Å²) in [4.78, 5) is 36.9. The van der Waals surface area contributed by atoms with E-state index in [9.17, 15) is 23.2 Å². The van der Waals surface area contributed by atoms with Gasteiger partial charge in [-0.2, -0.15) is 11.8 Å². The lowest BCUT2D eigenvalue weighted by atomic mass is 9.89. The summed E-state index contributed by atoms with van der Waals surface area (Å²) >= 11 is 1.87. The molecule has 162 valence electrons. The summed E-state index contributed by atoms with van der Waals surface area (Å²) in [7, 11) is 0. The Morgan fingerprint density at radius 2 is 1.80 bits per heavy atom. The summed E-state index contributed by atoms with van der Waals surface area (Å²) < 4.78 is 34.6. The first-order valence-corrected chi connectivity index (χ1v) is 11.2. The largest absolute Gasteiger partial charge is 0.442 e. The Morgan fingerprint density at radius 3 is 2.43 bits per heavy atom. The lowest BCUT2D eigenvalue weighted by Crippen LogP contribution is -2.54. The number of amides is 3. The van der Waals surface area contributed by atoms with E-state index in [2.05, 4.69) is 10.6 Å². The number of anilines is 1. The van der Waals surface area contributed by atoms with Gasteiger partial charge in [0.15, 0.2) is 0 Å². The number of imide groups is 1. The van der Waals surface area contributed by atoms with Crippen LogP contribution in [0.3, 0.4) is 0 Å². The number of rotatable bonds is 4. The predicted molar refractivity (Wildman–Crippen MR) is 107 cm³/mol. The monoisotopic (exact) mass is 439 g/mol. The summed E-state index contributed by atoms with van der Waals surface area (Å²) in [5, 5.41) is 4.98. The van der Waals surface area contributed by atoms with E-state index in [0.717, 1.165) is 24.3 Å². The highest BCUT2D eigenvalue weighted by Crippen LogP contribution is 2.33. The third-order valence-corrected chi connectivity index (χ3v) is 6.73. The fraction of sp³-hybridized carbons (Fsp3) is 0.550. The number of carbonyl (C=O) groups is 3. The van der Waals surface area contributed by atoms with Crippen molar-refractivity contribution in [3.8, 4) is 0 Å². The molecule has 0 bridgehead atoms. The van der Waals surface area contributed by atoms with Gasteiger partial charge in [-0.3, -0.25) is 14.9 Å². The summed E-state index contributed by atoms with van der Waals surface area (Å²) in [6.07, 6.45) is 1.17. The Kier molecular flexibility index (Phi) is 6.12. The Bertz CT molecular complexity index is 833. The standard InChI is InChI=1S/C20H23F2N3O4S/c21-15-7-12(8-16(22)18(15)14-1-2-17(26)24-19(14)27)25-9-13(10-25)29-20(28)23-11-3-5-30-6-4-11/h7-8,11,13-14H,1-6,9-10H2,(H,23,28)(H,24,26,27). The minimum absolute atomic E-state index is 0.0456. The molecule has 3 fully saturated rings. The van der Waals surface area contributed by atoms with Crippen LogP contribution in [0.1, 0.15) is 37.2 Å². The van der Waals surface area contributed by atoms with E-state index in [1.54, 1.807) is 4.90 Å². The minimum atomic E-state index is -1.02. The van der Waals surface area contributed by atoms with Gasteiger partial charge in [0.2, 0.25) is 11.8 Å². The maximum atomic E-state index is 14.6. The van der Waals surface area contributed by atoms with E-state index < -0.39 is 35.5 Å². The molecule has 1 aromatic rings. The second-order valence-electron chi connectivity index (χ2n) is 7.79. The van der Waals surface area contributed by atoms with Gasteiger partial charge in [0.1, 0.15) is 17.7 Å². The Hall–Kier alpha value is -2.36. The van der Waals surface area contributed by atoms with Gasteiger partial charge >= 0.3 is 6.09 Å². The zero-order valence-corrected chi connectivity index (χ0v) is 17.1. The Labute approximate surface area is 176 Å². The van der Waals surface area contributed by atoms with Crippen LogP contribution in [0.2, 0.25) is 0 Å². The number of hydrogen-bond donors (Lipinski definition) is 2. The second kappa shape index (κ2) is 8.79. The van der Waals surface area contributed by atoms with Crippen LogP contribution in [0.15, 0.2) is 12.1 Å². The highest BCUT2D eigenvalue weighted by molar-refractivity contribution is 7.99. The number of benzene rings is 1. The molecule has 0 spiro atoms. The van der Waals surface area contributed by atoms with E-state index in [4.69, 9.17) is 4.74 Å². The summed E-state index contributed by atoms with van der Waals surface area (Å²) in [5.41, 5.74) is 0.00713. The van der Waals surface area contributed by atoms with Gasteiger partial charge in [-0.1, -0.05) is 0 Å². The molecule has 3 aliphatic rings. The van der Waals surface area contributed by atoms with Gasteiger partial charge in [0.05, 0.1) is 19.0 Å². The van der Waals surface area contributed by atoms with Crippen molar-refractivity contribution in [3.05, 3.63) is 29.3 Å². The Balaban J connectivity index is 1.33. The maximum absolute atomic E-state index is 14.6. The maximum Gasteiger partial charge on any atom is 0.407 e. The molecule has 0 saturated carbocycles. The fourth-order valence-corrected chi connectivity index (χ4v) is 5.08. The van der Waals surface area contributed by atoms with Crippen LogP contribution in [0, 0.1) is 11.6 Å². The molecule has 1 unspecified atom stereocenters. The van der Waals surface area contributed by atoms with E-state index in [1.807, 2.05) is 11.8 Å². The van der Waals surface area contributed by atoms with Crippen LogP contribution in [0.25, 0.3) is 0 Å². The predicted octanol–water partition coefficient (Wildman–Crippen LogP) is 2.30. The molecule has 7 nitrogen and oxygen atoms in total. The number of alkyl carbamates (subject to hydrolysis) is 1. The number of halogens is 2. The highest BCUT2D eigenvalue weighted by Gasteiger charge is 2.35. The molecule has 10 heteroatoms. The van der Waals surface area contributed by atoms with Crippen molar-refractivity contribution in [3.63, 3.8) is 0 Å². The lowest BCUT2D eigenvalue weighted by molar-refractivity contribution is -0.134. The molecule has 0 aliphatic carbocycles. The van der Waals surface area contributed by atoms with E-state index >= 15 is 0 Å². The summed E-state index contributed by atoms with van der Waals surface area (Å²) in [5.74, 6) is -1.74. The van der Waals surface area contributed by atoms with Crippen LogP contribution in [-0.4, -0.2) is 54.6 Å². The van der Waals surface area contributed by atoms with Crippen molar-refractivity contribution in [2.24, 2.45) is 0 Å². The lowest BCUT2D eigenvalue weighted by Gasteiger charge is -2.40. The number of thioether (sulfide) groups is 1. The van der Waals surface area contributed by atoms with Gasteiger partial charge in [-0.05, 0) is 42.9 Å². The van der Waals surface area contributed by atoms with Gasteiger partial charge in [-0.15, -0.1) is 0 Å². The molecule has 1 atom stereocenters. The number of nitrogens with zero attached hydrogens (tertiary/aromatic N) is 1. The number of nitrogens with one attached hydrogen (secondary N) is 2. The topological polar surface area (TPSA) is 87.7 Å². The van der Waals surface area contributed by atoms with Gasteiger partial charge in [-0.25, -0.2) is 13.6 Å². The number of hydrogen-bond acceptors (Lipinski definition) is 6. The highest BCUT2D eigenvalue weighted by atomic mass is 32.2. The molecule has 3 amide bonds. The molecule has 30 heavy (non-hydrogen) atoms. The SMILES string of the molecule is O=C1CCC(c2c(F)cc(N3CC(OC(=O)NC4CCSCC4)C3)cc2F)C(=O)N1. The average Bonchev–Trinajstić information content (AvgIpc) is 2.66. The van der Waals surface area contributed by atoms with Crippen molar-refractivity contribution in [2.45, 2.75) is 43.7 Å². The minimum Gasteiger partial charge on any atom is -0.442 e. The zero-order chi connectivity index (χ0) is 21.3. The van der Waals surface area contributed by atoms with E-state index in [1.165, 1.54) is 12.1 Å². The normalized spacial score (nSPS) is 23.0. The first-order valence-electron chi connectivity index (χ1n) is 10.0. The Morgan fingerprint density at radius 1 is 1.13 bits per heavy atom. The van der Waals surface area contributed by atoms with Crippen LogP contribution in [0.4, 0.5) is 19.3 Å².